The number of carbonyl (C=O) groups excluding carboxylic acids is 4. The SMILES string of the molecule is CCOC(=O)c1ccc(NC(=O)C[C@H]2C(=O)N(c3cccc(OC)c3)C(=O)N2Cc2ccc(F)cc2)cc1. The highest BCUT2D eigenvalue weighted by atomic mass is 19.1. The third kappa shape index (κ3) is 5.80. The van der Waals surface area contributed by atoms with Crippen molar-refractivity contribution in [3.63, 3.8) is 0 Å². The minimum absolute atomic E-state index is 0.00247. The van der Waals surface area contributed by atoms with Gasteiger partial charge in [-0.1, -0.05) is 18.2 Å². The summed E-state index contributed by atoms with van der Waals surface area (Å²) in [5.41, 5.74) is 1.65. The van der Waals surface area contributed by atoms with Crippen LogP contribution in [-0.4, -0.2) is 48.5 Å². The summed E-state index contributed by atoms with van der Waals surface area (Å²) < 4.78 is 23.6. The molecule has 0 radical (unpaired) electrons. The molecule has 0 aromatic heterocycles. The summed E-state index contributed by atoms with van der Waals surface area (Å²) in [6.45, 7) is 1.94. The lowest BCUT2D eigenvalue weighted by Gasteiger charge is -2.21. The number of nitrogens with zero attached hydrogens (tertiary/aromatic N) is 2. The number of imide groups is 1. The van der Waals surface area contributed by atoms with E-state index in [2.05, 4.69) is 5.32 Å². The first-order chi connectivity index (χ1) is 18.3. The van der Waals surface area contributed by atoms with E-state index in [4.69, 9.17) is 9.47 Å². The van der Waals surface area contributed by atoms with E-state index >= 15 is 0 Å². The zero-order valence-electron chi connectivity index (χ0n) is 20.8. The van der Waals surface area contributed by atoms with E-state index in [1.54, 1.807) is 43.3 Å². The molecule has 1 aliphatic rings. The Morgan fingerprint density at radius 3 is 2.37 bits per heavy atom. The molecule has 38 heavy (non-hydrogen) atoms. The van der Waals surface area contributed by atoms with Crippen molar-refractivity contribution in [1.29, 1.82) is 0 Å². The zero-order valence-corrected chi connectivity index (χ0v) is 20.8. The molecule has 10 heteroatoms. The lowest BCUT2D eigenvalue weighted by Crippen LogP contribution is -2.37. The molecule has 0 unspecified atom stereocenters. The summed E-state index contributed by atoms with van der Waals surface area (Å²) in [6, 6.07) is 16.5. The van der Waals surface area contributed by atoms with Crippen LogP contribution < -0.4 is 15.0 Å². The highest BCUT2D eigenvalue weighted by Gasteiger charge is 2.46. The molecule has 1 saturated heterocycles. The Morgan fingerprint density at radius 2 is 1.71 bits per heavy atom. The normalized spacial score (nSPS) is 15.0. The fourth-order valence-electron chi connectivity index (χ4n) is 4.08. The molecule has 196 valence electrons. The van der Waals surface area contributed by atoms with Crippen LogP contribution in [0.3, 0.4) is 0 Å². The van der Waals surface area contributed by atoms with Crippen LogP contribution in [0.15, 0.2) is 72.8 Å². The molecule has 0 spiro atoms. The third-order valence-electron chi connectivity index (χ3n) is 5.95. The molecule has 0 bridgehead atoms. The molecule has 1 heterocycles. The smallest absolute Gasteiger partial charge is 0.338 e. The second-order valence-corrected chi connectivity index (χ2v) is 8.48. The number of hydrogen-bond acceptors (Lipinski definition) is 6. The van der Waals surface area contributed by atoms with Gasteiger partial charge in [0.2, 0.25) is 5.91 Å². The standard InChI is InChI=1S/C28H26FN3O6/c1-3-38-27(35)19-9-13-21(14-10-19)30-25(33)16-24-26(34)32(22-5-4-6-23(15-22)37-2)28(36)31(24)17-18-7-11-20(29)12-8-18/h4-15,24H,3,16-17H2,1-2H3,(H,30,33)/t24-/m0/s1. The van der Waals surface area contributed by atoms with Gasteiger partial charge in [-0.3, -0.25) is 9.59 Å². The van der Waals surface area contributed by atoms with E-state index in [-0.39, 0.29) is 19.6 Å². The number of rotatable bonds is 9. The van der Waals surface area contributed by atoms with E-state index < -0.39 is 35.7 Å². The largest absolute Gasteiger partial charge is 0.497 e. The Morgan fingerprint density at radius 1 is 1.00 bits per heavy atom. The zero-order chi connectivity index (χ0) is 27.2. The van der Waals surface area contributed by atoms with E-state index in [1.807, 2.05) is 0 Å². The summed E-state index contributed by atoms with van der Waals surface area (Å²) in [4.78, 5) is 54.0. The maximum atomic E-state index is 13.5. The molecular formula is C28H26FN3O6. The molecule has 1 N–H and O–H groups in total. The molecular weight excluding hydrogens is 493 g/mol. The molecule has 1 aliphatic heterocycles. The third-order valence-corrected chi connectivity index (χ3v) is 5.95. The number of halogens is 1. The van der Waals surface area contributed by atoms with Crippen LogP contribution in [0.25, 0.3) is 0 Å². The van der Waals surface area contributed by atoms with Crippen LogP contribution in [0.4, 0.5) is 20.6 Å². The number of carbonyl (C=O) groups is 4. The van der Waals surface area contributed by atoms with Crippen LogP contribution in [0.2, 0.25) is 0 Å². The molecule has 0 aliphatic carbocycles. The number of esters is 1. The van der Waals surface area contributed by atoms with Gasteiger partial charge in [-0.05, 0) is 61.0 Å². The molecule has 3 aromatic carbocycles. The fourth-order valence-corrected chi connectivity index (χ4v) is 4.08. The number of methoxy groups -OCH3 is 1. The summed E-state index contributed by atoms with van der Waals surface area (Å²) in [6.07, 6.45) is -0.314. The maximum Gasteiger partial charge on any atom is 0.338 e. The first-order valence-electron chi connectivity index (χ1n) is 11.9. The van der Waals surface area contributed by atoms with Gasteiger partial charge >= 0.3 is 12.0 Å². The van der Waals surface area contributed by atoms with Crippen LogP contribution in [0.1, 0.15) is 29.3 Å². The van der Waals surface area contributed by atoms with Gasteiger partial charge < -0.3 is 19.7 Å². The predicted octanol–water partition coefficient (Wildman–Crippen LogP) is 4.38. The topological polar surface area (TPSA) is 105 Å². The lowest BCUT2D eigenvalue weighted by molar-refractivity contribution is -0.124. The first-order valence-corrected chi connectivity index (χ1v) is 11.9. The van der Waals surface area contributed by atoms with E-state index in [0.29, 0.717) is 28.3 Å². The van der Waals surface area contributed by atoms with Crippen molar-refractivity contribution in [3.8, 4) is 5.75 Å². The Hall–Kier alpha value is -4.73. The summed E-state index contributed by atoms with van der Waals surface area (Å²) in [5, 5.41) is 2.70. The van der Waals surface area contributed by atoms with Gasteiger partial charge in [0.25, 0.3) is 5.91 Å². The molecule has 1 fully saturated rings. The van der Waals surface area contributed by atoms with Crippen molar-refractivity contribution in [1.82, 2.24) is 4.90 Å². The Labute approximate surface area is 218 Å². The lowest BCUT2D eigenvalue weighted by atomic mass is 10.1. The van der Waals surface area contributed by atoms with Crippen molar-refractivity contribution in [2.45, 2.75) is 25.9 Å². The summed E-state index contributed by atoms with van der Waals surface area (Å²) in [5.74, 6) is -1.52. The number of nitrogens with one attached hydrogen (secondary N) is 1. The maximum absolute atomic E-state index is 13.5. The molecule has 1 atom stereocenters. The second kappa shape index (κ2) is 11.5. The highest BCUT2D eigenvalue weighted by Crippen LogP contribution is 2.30. The number of urea groups is 1. The van der Waals surface area contributed by atoms with E-state index in [1.165, 1.54) is 48.4 Å². The number of benzene rings is 3. The molecule has 4 rings (SSSR count). The Bertz CT molecular complexity index is 1340. The van der Waals surface area contributed by atoms with E-state index in [0.717, 1.165) is 4.90 Å². The average molecular weight is 520 g/mol. The van der Waals surface area contributed by atoms with Crippen molar-refractivity contribution < 1.29 is 33.0 Å². The Kier molecular flexibility index (Phi) is 8.00. The monoisotopic (exact) mass is 519 g/mol. The second-order valence-electron chi connectivity index (χ2n) is 8.48. The minimum Gasteiger partial charge on any atom is -0.497 e. The number of amides is 4. The van der Waals surface area contributed by atoms with Gasteiger partial charge in [0, 0.05) is 18.3 Å². The molecule has 4 amide bonds. The average Bonchev–Trinajstić information content (AvgIpc) is 3.14. The van der Waals surface area contributed by atoms with Gasteiger partial charge in [0.15, 0.2) is 0 Å². The van der Waals surface area contributed by atoms with Gasteiger partial charge in [0.05, 0.1) is 31.4 Å². The van der Waals surface area contributed by atoms with Gasteiger partial charge in [-0.15, -0.1) is 0 Å². The van der Waals surface area contributed by atoms with Crippen LogP contribution in [0.5, 0.6) is 5.75 Å². The van der Waals surface area contributed by atoms with Gasteiger partial charge in [-0.2, -0.15) is 0 Å². The minimum atomic E-state index is -1.10. The van der Waals surface area contributed by atoms with Crippen LogP contribution in [0, 0.1) is 5.82 Å². The molecule has 0 saturated carbocycles. The number of hydrogen-bond donors (Lipinski definition) is 1. The molecule has 3 aromatic rings. The van der Waals surface area contributed by atoms with Gasteiger partial charge in [0.1, 0.15) is 17.6 Å². The van der Waals surface area contributed by atoms with Crippen molar-refractivity contribution in [2.24, 2.45) is 0 Å². The predicted molar refractivity (Wildman–Crippen MR) is 137 cm³/mol. The fraction of sp³-hybridized carbons (Fsp3) is 0.214. The van der Waals surface area contributed by atoms with E-state index in [9.17, 15) is 23.6 Å². The van der Waals surface area contributed by atoms with Crippen LogP contribution in [-0.2, 0) is 20.9 Å². The quantitative estimate of drug-likeness (QED) is 0.332. The molecule has 9 nitrogen and oxygen atoms in total. The van der Waals surface area contributed by atoms with Gasteiger partial charge in [-0.25, -0.2) is 18.9 Å². The van der Waals surface area contributed by atoms with Crippen molar-refractivity contribution in [2.75, 3.05) is 23.9 Å². The first kappa shape index (κ1) is 26.3. The highest BCUT2D eigenvalue weighted by molar-refractivity contribution is 6.22. The van der Waals surface area contributed by atoms with Crippen LogP contribution >= 0.6 is 0 Å². The summed E-state index contributed by atoms with van der Waals surface area (Å²) >= 11 is 0. The Balaban J connectivity index is 1.55. The van der Waals surface area contributed by atoms with Crippen molar-refractivity contribution in [3.05, 3.63) is 89.7 Å². The summed E-state index contributed by atoms with van der Waals surface area (Å²) in [7, 11) is 1.47. The van der Waals surface area contributed by atoms with Crippen molar-refractivity contribution >= 4 is 35.2 Å². The number of anilines is 2. The number of ether oxygens (including phenoxy) is 2.